The third kappa shape index (κ3) is 1240. The van der Waals surface area contributed by atoms with Gasteiger partial charge in [0.05, 0.1) is 0 Å². The standard InChI is InChI=1S/9FH.Nb.Ti/h9*1H;;/q;;;;;;;;;+5;+4/p-9. The summed E-state index contributed by atoms with van der Waals surface area (Å²) in [6.07, 6.45) is 0. The molecule has 0 fully saturated rings. The first-order valence-electron chi connectivity index (χ1n) is 0. The van der Waals surface area contributed by atoms with Crippen LogP contribution in [0, 0.1) is 0 Å². The van der Waals surface area contributed by atoms with Crippen LogP contribution in [0.1, 0.15) is 0 Å². The first-order valence-corrected chi connectivity index (χ1v) is 0. The fraction of sp³-hybridized carbons (Fsp3) is 0. The second-order valence-corrected chi connectivity index (χ2v) is 0. The molecule has 0 aromatic heterocycles. The molecule has 0 radical (unpaired) electrons. The van der Waals surface area contributed by atoms with Crippen molar-refractivity contribution in [1.29, 1.82) is 0 Å². The summed E-state index contributed by atoms with van der Waals surface area (Å²) in [4.78, 5) is 0. The topological polar surface area (TPSA) is 0 Å². The predicted molar refractivity (Wildman–Crippen MR) is 0 cm³/mol. The van der Waals surface area contributed by atoms with Gasteiger partial charge in [0.15, 0.2) is 0 Å². The van der Waals surface area contributed by atoms with Crippen molar-refractivity contribution in [3.63, 3.8) is 0 Å². The van der Waals surface area contributed by atoms with Gasteiger partial charge in [-0.2, -0.15) is 0 Å². The van der Waals surface area contributed by atoms with Crippen molar-refractivity contribution in [1.82, 2.24) is 0 Å². The van der Waals surface area contributed by atoms with Gasteiger partial charge in [0.25, 0.3) is 0 Å². The fourth-order valence-electron chi connectivity index (χ4n) is 0. The zero-order valence-corrected chi connectivity index (χ0v) is 8.11. The van der Waals surface area contributed by atoms with Crippen LogP contribution in [0.5, 0.6) is 0 Å². The quantitative estimate of drug-likeness (QED) is 0.308. The van der Waals surface area contributed by atoms with Crippen LogP contribution < -0.4 is 42.3 Å². The molecule has 0 aliphatic heterocycles. The summed E-state index contributed by atoms with van der Waals surface area (Å²) in [5, 5.41) is 0. The van der Waals surface area contributed by atoms with Gasteiger partial charge in [0.1, 0.15) is 0 Å². The van der Waals surface area contributed by atoms with Gasteiger partial charge in [-0.1, -0.05) is 0 Å². The minimum absolute atomic E-state index is 0. The Bertz CT molecular complexity index is 9.52. The van der Waals surface area contributed by atoms with E-state index in [1.807, 2.05) is 0 Å². The molecule has 11 heavy (non-hydrogen) atoms. The van der Waals surface area contributed by atoms with Crippen LogP contribution in [-0.4, -0.2) is 0 Å². The largest absolute Gasteiger partial charge is 5.00 e. The summed E-state index contributed by atoms with van der Waals surface area (Å²) in [5.41, 5.74) is 0. The molecule has 0 aliphatic rings. The molecule has 0 spiro atoms. The Kier molecular flexibility index (Phi) is 285000. The van der Waals surface area contributed by atoms with E-state index < -0.39 is 0 Å². The maximum absolute atomic E-state index is 0. The Hall–Kier alpha value is 0.825. The van der Waals surface area contributed by atoms with Gasteiger partial charge in [0.2, 0.25) is 0 Å². The van der Waals surface area contributed by atoms with E-state index in [1.165, 1.54) is 0 Å². The maximum Gasteiger partial charge on any atom is 5.00 e. The van der Waals surface area contributed by atoms with Crippen LogP contribution in [0.25, 0.3) is 0 Å². The minimum atomic E-state index is 0. The summed E-state index contributed by atoms with van der Waals surface area (Å²) in [6, 6.07) is 0. The molecule has 0 rings (SSSR count). The smallest absolute Gasteiger partial charge is 1.00 e. The van der Waals surface area contributed by atoms with Gasteiger partial charge >= 0.3 is 44.1 Å². The third-order valence-corrected chi connectivity index (χ3v) is 0. The van der Waals surface area contributed by atoms with Gasteiger partial charge in [-0.3, -0.25) is 0 Å². The van der Waals surface area contributed by atoms with Gasteiger partial charge in [0, 0.05) is 0 Å². The Morgan fingerprint density at radius 3 is 0.273 bits per heavy atom. The molecule has 0 nitrogen and oxygen atoms in total. The summed E-state index contributed by atoms with van der Waals surface area (Å²) in [5.74, 6) is 0. The predicted octanol–water partition coefficient (Wildman–Crippen LogP) is -27.0. The Labute approximate surface area is 86.6 Å². The van der Waals surface area contributed by atoms with E-state index >= 15 is 0 Å². The van der Waals surface area contributed by atoms with E-state index in [0.29, 0.717) is 0 Å². The first-order chi connectivity index (χ1) is 0. The van der Waals surface area contributed by atoms with Crippen LogP contribution in [0.3, 0.4) is 0 Å². The Morgan fingerprint density at radius 1 is 0.273 bits per heavy atom. The summed E-state index contributed by atoms with van der Waals surface area (Å²) in [6.45, 7) is 0. The molecule has 0 saturated carbocycles. The van der Waals surface area contributed by atoms with Gasteiger partial charge in [-0.05, 0) is 0 Å². The molecule has 0 aliphatic carbocycles. The van der Waals surface area contributed by atoms with Crippen LogP contribution in [0.2, 0.25) is 0 Å². The van der Waals surface area contributed by atoms with Gasteiger partial charge < -0.3 is 42.3 Å². The summed E-state index contributed by atoms with van der Waals surface area (Å²) in [7, 11) is 0. The van der Waals surface area contributed by atoms with Crippen molar-refractivity contribution in [2.45, 2.75) is 0 Å². The van der Waals surface area contributed by atoms with E-state index in [4.69, 9.17) is 0 Å². The maximum atomic E-state index is 0. The number of rotatable bonds is 0. The molecule has 0 bridgehead atoms. The Morgan fingerprint density at radius 2 is 0.273 bits per heavy atom. The van der Waals surface area contributed by atoms with Crippen LogP contribution in [0.4, 0.5) is 0 Å². The zero-order chi connectivity index (χ0) is 0. The van der Waals surface area contributed by atoms with Crippen LogP contribution in [-0.2, 0) is 44.1 Å². The van der Waals surface area contributed by atoms with Crippen molar-refractivity contribution < 1.29 is 86.4 Å². The van der Waals surface area contributed by atoms with E-state index in [2.05, 4.69) is 0 Å². The molecule has 11 heteroatoms. The number of hydrogen-bond acceptors (Lipinski definition) is 0. The summed E-state index contributed by atoms with van der Waals surface area (Å²) < 4.78 is 0. The van der Waals surface area contributed by atoms with Gasteiger partial charge in [-0.15, -0.1) is 0 Å². The van der Waals surface area contributed by atoms with Crippen LogP contribution >= 0.6 is 0 Å². The molecule has 0 unspecified atom stereocenters. The van der Waals surface area contributed by atoms with E-state index in [0.717, 1.165) is 0 Å². The molecule has 0 aromatic carbocycles. The fourth-order valence-corrected chi connectivity index (χ4v) is 0. The average Bonchev–Trinajstić information content (AvgIpc) is 0. The molecule has 0 amide bonds. The average molecular weight is 312 g/mol. The Balaban J connectivity index is 0. The second kappa shape index (κ2) is 1540. The van der Waals surface area contributed by atoms with E-state index in [9.17, 15) is 0 Å². The molecular formula is F9NbTi. The zero-order valence-electron chi connectivity index (χ0n) is 4.35. The summed E-state index contributed by atoms with van der Waals surface area (Å²) >= 11 is 0. The molecule has 0 atom stereocenters. The van der Waals surface area contributed by atoms with E-state index in [1.54, 1.807) is 0 Å². The number of halogens is 9. The van der Waals surface area contributed by atoms with Gasteiger partial charge in [-0.25, -0.2) is 0 Å². The SMILES string of the molecule is [F-].[F-].[F-].[F-].[F-].[F-].[F-].[F-].[F-].[Nb+5].[Ti+4]. The van der Waals surface area contributed by atoms with Crippen molar-refractivity contribution in [3.8, 4) is 0 Å². The first kappa shape index (κ1) is 2040. The van der Waals surface area contributed by atoms with Crippen LogP contribution in [0.15, 0.2) is 0 Å². The normalized spacial score (nSPS) is 0. The molecule has 0 heterocycles. The molecular weight excluding hydrogens is 312 g/mol. The molecule has 72 valence electrons. The van der Waals surface area contributed by atoms with E-state index in [-0.39, 0.29) is 86.4 Å². The molecule has 0 saturated heterocycles. The number of hydrogen-bond donors (Lipinski definition) is 0. The van der Waals surface area contributed by atoms with Crippen molar-refractivity contribution in [3.05, 3.63) is 0 Å². The monoisotopic (exact) mass is 312 g/mol. The second-order valence-electron chi connectivity index (χ2n) is 0. The molecule has 0 aromatic rings. The molecule has 0 N–H and O–H groups in total. The van der Waals surface area contributed by atoms with Crippen molar-refractivity contribution in [2.75, 3.05) is 0 Å². The third-order valence-electron chi connectivity index (χ3n) is 0. The minimum Gasteiger partial charge on any atom is -1.00 e. The van der Waals surface area contributed by atoms with Crippen molar-refractivity contribution in [2.24, 2.45) is 0 Å². The van der Waals surface area contributed by atoms with Crippen molar-refractivity contribution >= 4 is 0 Å².